The predicted molar refractivity (Wildman–Crippen MR) is 62.3 cm³/mol. The second-order valence-corrected chi connectivity index (χ2v) is 4.41. The van der Waals surface area contributed by atoms with Gasteiger partial charge in [0.15, 0.2) is 0 Å². The Morgan fingerprint density at radius 2 is 2.12 bits per heavy atom. The summed E-state index contributed by atoms with van der Waals surface area (Å²) in [6, 6.07) is 0.263. The van der Waals surface area contributed by atoms with Gasteiger partial charge in [-0.05, 0) is 19.3 Å². The first kappa shape index (κ1) is 13.5. The molecule has 1 fully saturated rings. The van der Waals surface area contributed by atoms with Crippen LogP contribution in [0.3, 0.4) is 0 Å². The van der Waals surface area contributed by atoms with E-state index in [1.54, 1.807) is 7.11 Å². The highest BCUT2D eigenvalue weighted by molar-refractivity contribution is 5.75. The molecule has 94 valence electrons. The van der Waals surface area contributed by atoms with Crippen molar-refractivity contribution in [2.45, 2.75) is 57.2 Å². The zero-order chi connectivity index (χ0) is 12.0. The molecule has 1 atom stereocenters. The van der Waals surface area contributed by atoms with Crippen LogP contribution in [0.4, 0.5) is 0 Å². The molecule has 0 aromatic heterocycles. The SMILES string of the molecule is CCCCC(NC1CC(OC)C1)C(=O)OC. The Labute approximate surface area is 97.7 Å². The van der Waals surface area contributed by atoms with Crippen molar-refractivity contribution in [2.75, 3.05) is 14.2 Å². The van der Waals surface area contributed by atoms with E-state index < -0.39 is 0 Å². The normalized spacial score (nSPS) is 25.9. The molecule has 0 aliphatic heterocycles. The van der Waals surface area contributed by atoms with Crippen LogP contribution >= 0.6 is 0 Å². The van der Waals surface area contributed by atoms with E-state index in [0.717, 1.165) is 32.1 Å². The van der Waals surface area contributed by atoms with Crippen LogP contribution in [0.15, 0.2) is 0 Å². The molecule has 1 aliphatic rings. The van der Waals surface area contributed by atoms with Crippen molar-refractivity contribution >= 4 is 5.97 Å². The van der Waals surface area contributed by atoms with Crippen molar-refractivity contribution in [1.29, 1.82) is 0 Å². The molecule has 0 amide bonds. The van der Waals surface area contributed by atoms with Crippen LogP contribution in [-0.2, 0) is 14.3 Å². The summed E-state index contributed by atoms with van der Waals surface area (Å²) in [5, 5.41) is 3.35. The van der Waals surface area contributed by atoms with E-state index >= 15 is 0 Å². The zero-order valence-corrected chi connectivity index (χ0v) is 10.5. The van der Waals surface area contributed by atoms with Gasteiger partial charge in [-0.2, -0.15) is 0 Å². The van der Waals surface area contributed by atoms with Gasteiger partial charge in [-0.1, -0.05) is 19.8 Å². The summed E-state index contributed by atoms with van der Waals surface area (Å²) in [5.74, 6) is -0.144. The number of rotatable bonds is 7. The Balaban J connectivity index is 2.30. The first-order valence-corrected chi connectivity index (χ1v) is 6.07. The molecule has 0 saturated heterocycles. The Kier molecular flexibility index (Phi) is 5.77. The number of methoxy groups -OCH3 is 2. The molecule has 0 spiro atoms. The lowest BCUT2D eigenvalue weighted by atomic mass is 9.88. The maximum absolute atomic E-state index is 11.5. The van der Waals surface area contributed by atoms with E-state index in [9.17, 15) is 4.79 Å². The first-order valence-electron chi connectivity index (χ1n) is 6.07. The fourth-order valence-electron chi connectivity index (χ4n) is 2.00. The summed E-state index contributed by atoms with van der Waals surface area (Å²) in [4.78, 5) is 11.5. The predicted octanol–water partition coefficient (Wildman–Crippen LogP) is 1.49. The minimum atomic E-state index is -0.146. The van der Waals surface area contributed by atoms with Crippen molar-refractivity contribution < 1.29 is 14.3 Å². The molecule has 0 aromatic rings. The van der Waals surface area contributed by atoms with Crippen LogP contribution in [0.25, 0.3) is 0 Å². The number of carbonyl (C=O) groups is 1. The molecule has 0 radical (unpaired) electrons. The largest absolute Gasteiger partial charge is 0.468 e. The second kappa shape index (κ2) is 6.86. The van der Waals surface area contributed by atoms with Gasteiger partial charge in [0.25, 0.3) is 0 Å². The summed E-state index contributed by atoms with van der Waals surface area (Å²) >= 11 is 0. The highest BCUT2D eigenvalue weighted by atomic mass is 16.5. The third kappa shape index (κ3) is 3.76. The molecule has 4 nitrogen and oxygen atoms in total. The molecule has 0 bridgehead atoms. The molecule has 0 heterocycles. The van der Waals surface area contributed by atoms with E-state index in [1.165, 1.54) is 7.11 Å². The standard InChI is InChI=1S/C12H23NO3/c1-4-5-6-11(12(14)16-3)13-9-7-10(8-9)15-2/h9-11,13H,4-8H2,1-3H3. The average Bonchev–Trinajstić information content (AvgIpc) is 2.25. The summed E-state index contributed by atoms with van der Waals surface area (Å²) < 4.78 is 10.0. The monoisotopic (exact) mass is 229 g/mol. The molecule has 16 heavy (non-hydrogen) atoms. The van der Waals surface area contributed by atoms with E-state index in [-0.39, 0.29) is 12.0 Å². The third-order valence-corrected chi connectivity index (χ3v) is 3.20. The summed E-state index contributed by atoms with van der Waals surface area (Å²) in [5.41, 5.74) is 0. The van der Waals surface area contributed by atoms with Crippen molar-refractivity contribution in [3.63, 3.8) is 0 Å². The quantitative estimate of drug-likeness (QED) is 0.672. The molecule has 0 aromatic carbocycles. The van der Waals surface area contributed by atoms with Crippen LogP contribution in [0.5, 0.6) is 0 Å². The number of ether oxygens (including phenoxy) is 2. The van der Waals surface area contributed by atoms with Crippen molar-refractivity contribution in [1.82, 2.24) is 5.32 Å². The molecule has 1 rings (SSSR count). The number of hydrogen-bond donors (Lipinski definition) is 1. The lowest BCUT2D eigenvalue weighted by Crippen LogP contribution is -2.51. The Morgan fingerprint density at radius 3 is 2.62 bits per heavy atom. The van der Waals surface area contributed by atoms with E-state index in [4.69, 9.17) is 9.47 Å². The van der Waals surface area contributed by atoms with Crippen molar-refractivity contribution in [2.24, 2.45) is 0 Å². The van der Waals surface area contributed by atoms with Gasteiger partial charge in [0.05, 0.1) is 13.2 Å². The molecule has 1 unspecified atom stereocenters. The summed E-state index contributed by atoms with van der Waals surface area (Å²) in [7, 11) is 3.18. The molecular formula is C12H23NO3. The first-order chi connectivity index (χ1) is 7.71. The fourth-order valence-corrected chi connectivity index (χ4v) is 2.00. The summed E-state index contributed by atoms with van der Waals surface area (Å²) in [6.45, 7) is 2.12. The van der Waals surface area contributed by atoms with E-state index in [2.05, 4.69) is 12.2 Å². The smallest absolute Gasteiger partial charge is 0.322 e. The van der Waals surface area contributed by atoms with Crippen LogP contribution in [0, 0.1) is 0 Å². The average molecular weight is 229 g/mol. The van der Waals surface area contributed by atoms with Gasteiger partial charge in [-0.15, -0.1) is 0 Å². The number of hydrogen-bond acceptors (Lipinski definition) is 4. The van der Waals surface area contributed by atoms with Gasteiger partial charge >= 0.3 is 5.97 Å². The molecule has 4 heteroatoms. The third-order valence-electron chi connectivity index (χ3n) is 3.20. The molecule has 1 aliphatic carbocycles. The van der Waals surface area contributed by atoms with Crippen molar-refractivity contribution in [3.8, 4) is 0 Å². The maximum atomic E-state index is 11.5. The highest BCUT2D eigenvalue weighted by Gasteiger charge is 2.32. The van der Waals surface area contributed by atoms with Crippen LogP contribution in [0.2, 0.25) is 0 Å². The van der Waals surface area contributed by atoms with Gasteiger partial charge in [-0.25, -0.2) is 0 Å². The number of esters is 1. The molecule has 1 saturated carbocycles. The van der Waals surface area contributed by atoms with Gasteiger partial charge in [0, 0.05) is 13.2 Å². The number of unbranched alkanes of at least 4 members (excludes halogenated alkanes) is 1. The van der Waals surface area contributed by atoms with E-state index in [0.29, 0.717) is 12.1 Å². The minimum absolute atomic E-state index is 0.144. The van der Waals surface area contributed by atoms with Gasteiger partial charge in [0.2, 0.25) is 0 Å². The minimum Gasteiger partial charge on any atom is -0.468 e. The maximum Gasteiger partial charge on any atom is 0.322 e. The van der Waals surface area contributed by atoms with Crippen molar-refractivity contribution in [3.05, 3.63) is 0 Å². The zero-order valence-electron chi connectivity index (χ0n) is 10.5. The lowest BCUT2D eigenvalue weighted by Gasteiger charge is -2.36. The Hall–Kier alpha value is -0.610. The van der Waals surface area contributed by atoms with Gasteiger partial charge in [-0.3, -0.25) is 4.79 Å². The topological polar surface area (TPSA) is 47.6 Å². The lowest BCUT2D eigenvalue weighted by molar-refractivity contribution is -0.144. The number of carbonyl (C=O) groups excluding carboxylic acids is 1. The second-order valence-electron chi connectivity index (χ2n) is 4.41. The molecular weight excluding hydrogens is 206 g/mol. The molecule has 1 N–H and O–H groups in total. The highest BCUT2D eigenvalue weighted by Crippen LogP contribution is 2.23. The van der Waals surface area contributed by atoms with Gasteiger partial charge < -0.3 is 14.8 Å². The van der Waals surface area contributed by atoms with Crippen LogP contribution < -0.4 is 5.32 Å². The number of nitrogens with one attached hydrogen (secondary N) is 1. The van der Waals surface area contributed by atoms with Gasteiger partial charge in [0.1, 0.15) is 6.04 Å². The van der Waals surface area contributed by atoms with Crippen LogP contribution in [0.1, 0.15) is 39.0 Å². The Morgan fingerprint density at radius 1 is 1.44 bits per heavy atom. The fraction of sp³-hybridized carbons (Fsp3) is 0.917. The van der Waals surface area contributed by atoms with Crippen LogP contribution in [-0.4, -0.2) is 38.4 Å². The Bertz CT molecular complexity index is 214. The van der Waals surface area contributed by atoms with E-state index in [1.807, 2.05) is 0 Å². The summed E-state index contributed by atoms with van der Waals surface area (Å²) in [6.07, 6.45) is 5.36.